The number of hydrogen-bond acceptors (Lipinski definition) is 5. The van der Waals surface area contributed by atoms with Crippen LogP contribution in [0.25, 0.3) is 11.4 Å². The first-order chi connectivity index (χ1) is 10.6. The lowest BCUT2D eigenvalue weighted by Crippen LogP contribution is -2.41. The highest BCUT2D eigenvalue weighted by atomic mass is 32.2. The predicted molar refractivity (Wildman–Crippen MR) is 86.6 cm³/mol. The summed E-state index contributed by atoms with van der Waals surface area (Å²) in [4.78, 5) is 19.9. The molecule has 0 saturated carbocycles. The number of carboxylic acid groups (broad SMARTS) is 1. The third-order valence-electron chi connectivity index (χ3n) is 3.61. The maximum atomic E-state index is 11.2. The van der Waals surface area contributed by atoms with Crippen LogP contribution in [-0.2, 0) is 4.79 Å². The topological polar surface area (TPSA) is 75.1 Å². The molecule has 0 amide bonds. The van der Waals surface area contributed by atoms with E-state index in [1.165, 1.54) is 0 Å². The summed E-state index contributed by atoms with van der Waals surface area (Å²) in [6.07, 6.45) is 4.17. The molecule has 0 radical (unpaired) electrons. The van der Waals surface area contributed by atoms with Gasteiger partial charge < -0.3 is 5.11 Å². The molecule has 1 aliphatic rings. The van der Waals surface area contributed by atoms with E-state index >= 15 is 0 Å². The number of nitrogens with zero attached hydrogens (tertiary/aromatic N) is 2. The molecule has 5 nitrogen and oxygen atoms in total. The predicted octanol–water partition coefficient (Wildman–Crippen LogP) is 2.63. The average Bonchev–Trinajstić information content (AvgIpc) is 2.55. The molecule has 2 unspecified atom stereocenters. The normalized spacial score (nSPS) is 21.5. The van der Waals surface area contributed by atoms with Crippen LogP contribution in [0, 0.1) is 6.92 Å². The highest BCUT2D eigenvalue weighted by Gasteiger charge is 2.27. The lowest BCUT2D eigenvalue weighted by Gasteiger charge is -2.28. The summed E-state index contributed by atoms with van der Waals surface area (Å²) in [5, 5.41) is 12.3. The molecule has 1 fully saturated rings. The van der Waals surface area contributed by atoms with E-state index in [0.29, 0.717) is 6.42 Å². The first kappa shape index (κ1) is 15.0. The summed E-state index contributed by atoms with van der Waals surface area (Å²) in [6, 6.07) is 7.36. The Bertz CT molecular complexity index is 693. The van der Waals surface area contributed by atoms with Crippen LogP contribution in [-0.4, -0.2) is 32.8 Å². The molecule has 0 aliphatic carbocycles. The molecule has 1 aliphatic heterocycles. The fourth-order valence-electron chi connectivity index (χ4n) is 2.43. The minimum atomic E-state index is -0.792. The second kappa shape index (κ2) is 6.46. The van der Waals surface area contributed by atoms with Crippen LogP contribution in [0.5, 0.6) is 0 Å². The Kier molecular flexibility index (Phi) is 4.40. The first-order valence-electron chi connectivity index (χ1n) is 7.13. The van der Waals surface area contributed by atoms with E-state index in [2.05, 4.69) is 15.3 Å². The van der Waals surface area contributed by atoms with Crippen LogP contribution in [0.4, 0.5) is 0 Å². The van der Waals surface area contributed by atoms with Crippen molar-refractivity contribution in [3.63, 3.8) is 0 Å². The zero-order valence-electron chi connectivity index (χ0n) is 12.2. The molecule has 2 aromatic heterocycles. The summed E-state index contributed by atoms with van der Waals surface area (Å²) >= 11 is 1.72. The molecular weight excluding hydrogens is 298 g/mol. The van der Waals surface area contributed by atoms with Gasteiger partial charge in [0, 0.05) is 12.4 Å². The molecule has 3 rings (SSSR count). The monoisotopic (exact) mass is 315 g/mol. The Morgan fingerprint density at radius 3 is 2.73 bits per heavy atom. The van der Waals surface area contributed by atoms with Gasteiger partial charge in [-0.15, -0.1) is 11.8 Å². The number of aromatic nitrogens is 2. The van der Waals surface area contributed by atoms with Gasteiger partial charge in [0.25, 0.3) is 0 Å². The number of carbonyl (C=O) groups is 1. The average molecular weight is 315 g/mol. The van der Waals surface area contributed by atoms with E-state index in [0.717, 1.165) is 28.3 Å². The molecule has 0 bridgehead atoms. The van der Waals surface area contributed by atoms with Crippen molar-refractivity contribution in [1.29, 1.82) is 0 Å². The molecule has 0 aromatic carbocycles. The molecule has 1 saturated heterocycles. The number of rotatable bonds is 3. The molecule has 6 heteroatoms. The van der Waals surface area contributed by atoms with Crippen LogP contribution < -0.4 is 5.32 Å². The number of nitrogens with one attached hydrogen (secondary N) is 1. The summed E-state index contributed by atoms with van der Waals surface area (Å²) in [5.74, 6) is 0.0366. The van der Waals surface area contributed by atoms with Crippen LogP contribution in [0.1, 0.15) is 22.9 Å². The molecule has 2 N–H and O–H groups in total. The Morgan fingerprint density at radius 1 is 1.27 bits per heavy atom. The Hall–Kier alpha value is -1.92. The summed E-state index contributed by atoms with van der Waals surface area (Å²) in [7, 11) is 0. The van der Waals surface area contributed by atoms with E-state index in [1.54, 1.807) is 24.2 Å². The van der Waals surface area contributed by atoms with E-state index in [1.807, 2.05) is 31.2 Å². The van der Waals surface area contributed by atoms with E-state index in [9.17, 15) is 9.90 Å². The highest BCUT2D eigenvalue weighted by Crippen LogP contribution is 2.32. The lowest BCUT2D eigenvalue weighted by molar-refractivity contribution is -0.139. The second-order valence-electron chi connectivity index (χ2n) is 5.29. The number of carboxylic acids is 1. The van der Waals surface area contributed by atoms with E-state index in [4.69, 9.17) is 0 Å². The van der Waals surface area contributed by atoms with Gasteiger partial charge in [-0.1, -0.05) is 0 Å². The lowest BCUT2D eigenvalue weighted by atomic mass is 10.1. The second-order valence-corrected chi connectivity index (χ2v) is 6.50. The quantitative estimate of drug-likeness (QED) is 0.907. The minimum absolute atomic E-state index is 0.0265. The Morgan fingerprint density at radius 2 is 2.00 bits per heavy atom. The van der Waals surface area contributed by atoms with Gasteiger partial charge in [-0.25, -0.2) is 0 Å². The molecule has 2 aromatic rings. The molecule has 22 heavy (non-hydrogen) atoms. The fraction of sp³-hybridized carbons (Fsp3) is 0.312. The van der Waals surface area contributed by atoms with Crippen LogP contribution in [0.15, 0.2) is 36.7 Å². The summed E-state index contributed by atoms with van der Waals surface area (Å²) in [5.41, 5.74) is 3.80. The van der Waals surface area contributed by atoms with E-state index in [-0.39, 0.29) is 5.37 Å². The first-order valence-corrected chi connectivity index (χ1v) is 8.18. The third-order valence-corrected chi connectivity index (χ3v) is 4.82. The number of hydrogen-bond donors (Lipinski definition) is 2. The standard InChI is InChI=1S/C16H17N3O2S/c1-10-2-5-17-13(8-10)14-9-11(3-6-18-14)15-19-12(16(20)21)4-7-22-15/h2-3,5-6,8-9,12,15,19H,4,7H2,1H3,(H,20,21). The van der Waals surface area contributed by atoms with Gasteiger partial charge in [0.2, 0.25) is 0 Å². The smallest absolute Gasteiger partial charge is 0.320 e. The Balaban J connectivity index is 1.86. The number of pyridine rings is 2. The van der Waals surface area contributed by atoms with Gasteiger partial charge in [-0.05, 0) is 54.5 Å². The van der Waals surface area contributed by atoms with Crippen molar-refractivity contribution >= 4 is 17.7 Å². The van der Waals surface area contributed by atoms with Crippen LogP contribution in [0.3, 0.4) is 0 Å². The van der Waals surface area contributed by atoms with Crippen molar-refractivity contribution in [2.24, 2.45) is 0 Å². The highest BCUT2D eigenvalue weighted by molar-refractivity contribution is 7.99. The van der Waals surface area contributed by atoms with Crippen molar-refractivity contribution in [2.45, 2.75) is 24.8 Å². The van der Waals surface area contributed by atoms with Crippen molar-refractivity contribution in [3.8, 4) is 11.4 Å². The summed E-state index contributed by atoms with van der Waals surface area (Å²) < 4.78 is 0. The largest absolute Gasteiger partial charge is 0.480 e. The van der Waals surface area contributed by atoms with Crippen molar-refractivity contribution in [3.05, 3.63) is 47.8 Å². The Labute approximate surface area is 133 Å². The van der Waals surface area contributed by atoms with Crippen LogP contribution in [0.2, 0.25) is 0 Å². The maximum absolute atomic E-state index is 11.2. The van der Waals surface area contributed by atoms with Crippen molar-refractivity contribution in [2.75, 3.05) is 5.75 Å². The number of thioether (sulfide) groups is 1. The zero-order valence-corrected chi connectivity index (χ0v) is 13.0. The van der Waals surface area contributed by atoms with Gasteiger partial charge in [0.1, 0.15) is 6.04 Å². The third kappa shape index (κ3) is 3.28. The molecule has 3 heterocycles. The van der Waals surface area contributed by atoms with Gasteiger partial charge in [0.05, 0.1) is 16.8 Å². The molecule has 0 spiro atoms. The fourth-order valence-corrected chi connectivity index (χ4v) is 3.64. The van der Waals surface area contributed by atoms with Crippen LogP contribution >= 0.6 is 11.8 Å². The SMILES string of the molecule is Cc1ccnc(-c2cc(C3NC(C(=O)O)CCS3)ccn2)c1. The molecular formula is C16H17N3O2S. The maximum Gasteiger partial charge on any atom is 0.320 e. The van der Waals surface area contributed by atoms with Gasteiger partial charge in [-0.2, -0.15) is 0 Å². The van der Waals surface area contributed by atoms with Crippen molar-refractivity contribution in [1.82, 2.24) is 15.3 Å². The minimum Gasteiger partial charge on any atom is -0.480 e. The molecule has 2 atom stereocenters. The van der Waals surface area contributed by atoms with E-state index < -0.39 is 12.0 Å². The zero-order chi connectivity index (χ0) is 15.5. The van der Waals surface area contributed by atoms with Gasteiger partial charge in [-0.3, -0.25) is 20.1 Å². The number of aliphatic carboxylic acids is 1. The number of aryl methyl sites for hydroxylation is 1. The van der Waals surface area contributed by atoms with Gasteiger partial charge in [0.15, 0.2) is 0 Å². The molecule has 114 valence electrons. The van der Waals surface area contributed by atoms with Gasteiger partial charge >= 0.3 is 5.97 Å². The van der Waals surface area contributed by atoms with Crippen molar-refractivity contribution < 1.29 is 9.90 Å². The summed E-state index contributed by atoms with van der Waals surface area (Å²) in [6.45, 7) is 2.02.